The number of rotatable bonds is 4. The summed E-state index contributed by atoms with van der Waals surface area (Å²) in [6.07, 6.45) is 2.56. The lowest BCUT2D eigenvalue weighted by molar-refractivity contribution is -0.137. The number of aromatic amines is 1. The van der Waals surface area contributed by atoms with Gasteiger partial charge in [-0.1, -0.05) is 0 Å². The van der Waals surface area contributed by atoms with Gasteiger partial charge in [-0.15, -0.1) is 0 Å². The van der Waals surface area contributed by atoms with E-state index in [-0.39, 0.29) is 24.1 Å². The molecule has 2 aromatic rings. The van der Waals surface area contributed by atoms with E-state index in [1.165, 1.54) is 12.1 Å². The molecule has 0 aliphatic carbocycles. The van der Waals surface area contributed by atoms with Gasteiger partial charge in [0.25, 0.3) is 5.91 Å². The molecule has 1 aromatic heterocycles. The van der Waals surface area contributed by atoms with E-state index in [0.29, 0.717) is 30.7 Å². The molecule has 1 saturated heterocycles. The summed E-state index contributed by atoms with van der Waals surface area (Å²) >= 11 is 0. The number of halogens is 1. The summed E-state index contributed by atoms with van der Waals surface area (Å²) in [5, 5.41) is 9.66. The molecule has 1 aromatic carbocycles. The predicted octanol–water partition coefficient (Wildman–Crippen LogP) is 3.33. The number of carboxylic acid groups (broad SMARTS) is 1. The summed E-state index contributed by atoms with van der Waals surface area (Å²) in [5.74, 6) is -1.01. The molecular weight excluding hydrogens is 311 g/mol. The molecule has 1 atom stereocenters. The number of aliphatic carboxylic acids is 1. The SMILES string of the molecule is Cc1cc(F)cc2[nH]c(C(=O)N3CCC[C@H](CCC(=O)O)C3)cc12. The van der Waals surface area contributed by atoms with Gasteiger partial charge in [-0.05, 0) is 55.9 Å². The van der Waals surface area contributed by atoms with E-state index in [1.54, 1.807) is 11.0 Å². The molecule has 1 aliphatic heterocycles. The largest absolute Gasteiger partial charge is 0.481 e. The van der Waals surface area contributed by atoms with Crippen molar-refractivity contribution in [3.63, 3.8) is 0 Å². The number of hydrogen-bond acceptors (Lipinski definition) is 2. The van der Waals surface area contributed by atoms with Gasteiger partial charge in [0.2, 0.25) is 0 Å². The number of carbonyl (C=O) groups excluding carboxylic acids is 1. The zero-order valence-electron chi connectivity index (χ0n) is 13.6. The Balaban J connectivity index is 1.76. The highest BCUT2D eigenvalue weighted by molar-refractivity contribution is 5.98. The molecule has 5 nitrogen and oxygen atoms in total. The summed E-state index contributed by atoms with van der Waals surface area (Å²) in [5.41, 5.74) is 1.87. The fraction of sp³-hybridized carbons (Fsp3) is 0.444. The number of carbonyl (C=O) groups is 2. The number of H-pyrrole nitrogens is 1. The average Bonchev–Trinajstić information content (AvgIpc) is 2.96. The van der Waals surface area contributed by atoms with Gasteiger partial charge < -0.3 is 15.0 Å². The average molecular weight is 332 g/mol. The van der Waals surface area contributed by atoms with Crippen molar-refractivity contribution in [2.45, 2.75) is 32.6 Å². The number of nitrogens with one attached hydrogen (secondary N) is 1. The van der Waals surface area contributed by atoms with Gasteiger partial charge in [0, 0.05) is 30.4 Å². The zero-order valence-corrected chi connectivity index (χ0v) is 13.6. The molecule has 2 heterocycles. The highest BCUT2D eigenvalue weighted by Gasteiger charge is 2.26. The summed E-state index contributed by atoms with van der Waals surface area (Å²) in [6, 6.07) is 4.62. The van der Waals surface area contributed by atoms with Crippen molar-refractivity contribution in [3.05, 3.63) is 35.3 Å². The highest BCUT2D eigenvalue weighted by Crippen LogP contribution is 2.25. The normalized spacial score (nSPS) is 18.1. The second-order valence-corrected chi connectivity index (χ2v) is 6.56. The maximum absolute atomic E-state index is 13.5. The maximum atomic E-state index is 13.5. The van der Waals surface area contributed by atoms with Crippen LogP contribution in [0.15, 0.2) is 18.2 Å². The Morgan fingerprint density at radius 1 is 1.38 bits per heavy atom. The van der Waals surface area contributed by atoms with E-state index in [0.717, 1.165) is 23.8 Å². The van der Waals surface area contributed by atoms with Crippen molar-refractivity contribution in [1.29, 1.82) is 0 Å². The van der Waals surface area contributed by atoms with Crippen LogP contribution in [0.25, 0.3) is 10.9 Å². The molecule has 3 rings (SSSR count). The molecule has 1 amide bonds. The van der Waals surface area contributed by atoms with E-state index in [9.17, 15) is 14.0 Å². The summed E-state index contributed by atoms with van der Waals surface area (Å²) in [4.78, 5) is 28.2. The molecule has 24 heavy (non-hydrogen) atoms. The molecule has 0 bridgehead atoms. The van der Waals surface area contributed by atoms with Crippen LogP contribution in [0.3, 0.4) is 0 Å². The quantitative estimate of drug-likeness (QED) is 0.902. The molecule has 6 heteroatoms. The number of benzene rings is 1. The minimum atomic E-state index is -0.799. The number of amides is 1. The zero-order chi connectivity index (χ0) is 17.3. The topological polar surface area (TPSA) is 73.4 Å². The van der Waals surface area contributed by atoms with E-state index < -0.39 is 5.97 Å². The number of aromatic nitrogens is 1. The molecule has 1 fully saturated rings. The van der Waals surface area contributed by atoms with Crippen LogP contribution in [-0.4, -0.2) is 40.0 Å². The number of hydrogen-bond donors (Lipinski definition) is 2. The van der Waals surface area contributed by atoms with Crippen LogP contribution in [0.2, 0.25) is 0 Å². The minimum absolute atomic E-state index is 0.106. The number of aryl methyl sites for hydroxylation is 1. The Hall–Kier alpha value is -2.37. The van der Waals surface area contributed by atoms with Crippen LogP contribution < -0.4 is 0 Å². The first-order valence-electron chi connectivity index (χ1n) is 8.24. The van der Waals surface area contributed by atoms with E-state index in [1.807, 2.05) is 6.92 Å². The van der Waals surface area contributed by atoms with Crippen molar-refractivity contribution in [1.82, 2.24) is 9.88 Å². The van der Waals surface area contributed by atoms with Crippen molar-refractivity contribution in [3.8, 4) is 0 Å². The number of carboxylic acids is 1. The summed E-state index contributed by atoms with van der Waals surface area (Å²) in [6.45, 7) is 3.07. The Morgan fingerprint density at radius 2 is 2.17 bits per heavy atom. The van der Waals surface area contributed by atoms with Crippen LogP contribution in [0.4, 0.5) is 4.39 Å². The Morgan fingerprint density at radius 3 is 2.92 bits per heavy atom. The van der Waals surface area contributed by atoms with Gasteiger partial charge >= 0.3 is 5.97 Å². The van der Waals surface area contributed by atoms with Crippen LogP contribution >= 0.6 is 0 Å². The van der Waals surface area contributed by atoms with Gasteiger partial charge in [-0.3, -0.25) is 9.59 Å². The van der Waals surface area contributed by atoms with E-state index in [2.05, 4.69) is 4.98 Å². The van der Waals surface area contributed by atoms with Crippen LogP contribution in [-0.2, 0) is 4.79 Å². The molecule has 0 radical (unpaired) electrons. The second-order valence-electron chi connectivity index (χ2n) is 6.56. The van der Waals surface area contributed by atoms with Crippen LogP contribution in [0.1, 0.15) is 41.7 Å². The van der Waals surface area contributed by atoms with Gasteiger partial charge in [0.05, 0.1) is 0 Å². The van der Waals surface area contributed by atoms with Gasteiger partial charge in [-0.25, -0.2) is 4.39 Å². The number of piperidine rings is 1. The lowest BCUT2D eigenvalue weighted by Gasteiger charge is -2.32. The minimum Gasteiger partial charge on any atom is -0.481 e. The lowest BCUT2D eigenvalue weighted by Crippen LogP contribution is -2.40. The maximum Gasteiger partial charge on any atom is 0.303 e. The molecule has 0 unspecified atom stereocenters. The second kappa shape index (κ2) is 6.63. The highest BCUT2D eigenvalue weighted by atomic mass is 19.1. The Kier molecular flexibility index (Phi) is 4.55. The first kappa shape index (κ1) is 16.5. The molecule has 128 valence electrons. The number of fused-ring (bicyclic) bond motifs is 1. The van der Waals surface area contributed by atoms with E-state index >= 15 is 0 Å². The third-order valence-electron chi connectivity index (χ3n) is 4.71. The summed E-state index contributed by atoms with van der Waals surface area (Å²) in [7, 11) is 0. The number of nitrogens with zero attached hydrogens (tertiary/aromatic N) is 1. The van der Waals surface area contributed by atoms with Crippen LogP contribution in [0, 0.1) is 18.7 Å². The van der Waals surface area contributed by atoms with Crippen molar-refractivity contribution in [2.24, 2.45) is 5.92 Å². The molecule has 0 saturated carbocycles. The predicted molar refractivity (Wildman–Crippen MR) is 88.5 cm³/mol. The molecule has 1 aliphatic rings. The first-order valence-corrected chi connectivity index (χ1v) is 8.24. The lowest BCUT2D eigenvalue weighted by atomic mass is 9.93. The smallest absolute Gasteiger partial charge is 0.303 e. The fourth-order valence-electron chi connectivity index (χ4n) is 3.47. The van der Waals surface area contributed by atoms with Crippen molar-refractivity contribution in [2.75, 3.05) is 13.1 Å². The summed E-state index contributed by atoms with van der Waals surface area (Å²) < 4.78 is 13.5. The Bertz CT molecular complexity index is 784. The molecule has 0 spiro atoms. The number of likely N-dealkylation sites (tertiary alicyclic amines) is 1. The van der Waals surface area contributed by atoms with Crippen molar-refractivity contribution >= 4 is 22.8 Å². The van der Waals surface area contributed by atoms with Gasteiger partial charge in [0.1, 0.15) is 11.5 Å². The molecule has 2 N–H and O–H groups in total. The van der Waals surface area contributed by atoms with Gasteiger partial charge in [0.15, 0.2) is 0 Å². The van der Waals surface area contributed by atoms with Gasteiger partial charge in [-0.2, -0.15) is 0 Å². The third-order valence-corrected chi connectivity index (χ3v) is 4.71. The third kappa shape index (κ3) is 3.42. The fourth-order valence-corrected chi connectivity index (χ4v) is 3.47. The van der Waals surface area contributed by atoms with E-state index in [4.69, 9.17) is 5.11 Å². The first-order chi connectivity index (χ1) is 11.4. The van der Waals surface area contributed by atoms with Crippen LogP contribution in [0.5, 0.6) is 0 Å². The molecular formula is C18H21FN2O3. The standard InChI is InChI=1S/C18H21FN2O3/c1-11-7-13(19)8-15-14(11)9-16(20-15)18(24)21-6-2-3-12(10-21)4-5-17(22)23/h7-9,12,20H,2-6,10H2,1H3,(H,22,23)/t12-/m1/s1. The Labute approximate surface area is 139 Å². The monoisotopic (exact) mass is 332 g/mol. The van der Waals surface area contributed by atoms with Crippen molar-refractivity contribution < 1.29 is 19.1 Å².